The van der Waals surface area contributed by atoms with Crippen molar-refractivity contribution in [2.75, 3.05) is 19.7 Å². The van der Waals surface area contributed by atoms with Gasteiger partial charge >= 0.3 is 5.97 Å². The lowest BCUT2D eigenvalue weighted by molar-refractivity contribution is -0.146. The molecule has 1 fully saturated rings. The van der Waals surface area contributed by atoms with Crippen LogP contribution in [-0.2, 0) is 20.8 Å². The molecular weight excluding hydrogens is 350 g/mol. The van der Waals surface area contributed by atoms with Crippen LogP contribution in [0.2, 0.25) is 0 Å². The molecule has 2 heterocycles. The Bertz CT molecular complexity index is 913. The average Bonchev–Trinajstić information content (AvgIpc) is 2.65. The number of rotatable bonds is 4. The van der Waals surface area contributed by atoms with Gasteiger partial charge in [-0.15, -0.1) is 0 Å². The lowest BCUT2D eigenvalue weighted by Crippen LogP contribution is -2.49. The second kappa shape index (κ2) is 7.87. The zero-order valence-corrected chi connectivity index (χ0v) is 15.7. The number of esters is 1. The van der Waals surface area contributed by atoms with E-state index in [9.17, 15) is 14.4 Å². The fraction of sp³-hybridized carbons (Fsp3) is 0.474. The Labute approximate surface area is 156 Å². The molecule has 8 heteroatoms. The monoisotopic (exact) mass is 373 g/mol. The van der Waals surface area contributed by atoms with E-state index in [4.69, 9.17) is 9.47 Å². The van der Waals surface area contributed by atoms with Crippen LogP contribution in [0, 0.1) is 0 Å². The normalized spacial score (nSPS) is 19.9. The summed E-state index contributed by atoms with van der Waals surface area (Å²) in [6.45, 7) is 6.43. The molecule has 1 saturated heterocycles. The summed E-state index contributed by atoms with van der Waals surface area (Å²) in [4.78, 5) is 38.9. The van der Waals surface area contributed by atoms with Gasteiger partial charge in [0.25, 0.3) is 11.5 Å². The van der Waals surface area contributed by atoms with Crippen molar-refractivity contribution < 1.29 is 19.1 Å². The number of hydrogen-bond donors (Lipinski definition) is 0. The van der Waals surface area contributed by atoms with Crippen LogP contribution >= 0.6 is 0 Å². The predicted molar refractivity (Wildman–Crippen MR) is 98.5 cm³/mol. The third-order valence-corrected chi connectivity index (χ3v) is 4.46. The predicted octanol–water partition coefficient (Wildman–Crippen LogP) is 1.21. The number of aromatic nitrogens is 2. The van der Waals surface area contributed by atoms with E-state index in [0.29, 0.717) is 30.4 Å². The van der Waals surface area contributed by atoms with Gasteiger partial charge < -0.3 is 14.4 Å². The van der Waals surface area contributed by atoms with Crippen molar-refractivity contribution in [2.45, 2.75) is 39.5 Å². The van der Waals surface area contributed by atoms with Crippen LogP contribution < -0.4 is 5.56 Å². The highest BCUT2D eigenvalue weighted by molar-refractivity contribution is 6.02. The van der Waals surface area contributed by atoms with Crippen LogP contribution in [0.5, 0.6) is 0 Å². The first-order valence-corrected chi connectivity index (χ1v) is 9.01. The minimum atomic E-state index is -0.726. The molecule has 1 aromatic heterocycles. The number of fused-ring (bicyclic) bond motifs is 1. The van der Waals surface area contributed by atoms with Gasteiger partial charge in [-0.3, -0.25) is 9.59 Å². The number of ether oxygens (including phenoxy) is 2. The van der Waals surface area contributed by atoms with Gasteiger partial charge in [-0.2, -0.15) is 5.10 Å². The lowest BCUT2D eigenvalue weighted by atomic mass is 10.1. The lowest BCUT2D eigenvalue weighted by Gasteiger charge is -2.35. The van der Waals surface area contributed by atoms with Gasteiger partial charge in [0.15, 0.2) is 12.3 Å². The highest BCUT2D eigenvalue weighted by atomic mass is 16.5. The van der Waals surface area contributed by atoms with Crippen LogP contribution in [-0.4, -0.2) is 58.5 Å². The number of morpholine rings is 1. The second-order valence-corrected chi connectivity index (χ2v) is 6.65. The summed E-state index contributed by atoms with van der Waals surface area (Å²) in [5.74, 6) is -1.01. The van der Waals surface area contributed by atoms with Crippen molar-refractivity contribution in [3.8, 4) is 0 Å². The van der Waals surface area contributed by atoms with Gasteiger partial charge in [-0.1, -0.05) is 18.2 Å². The standard InChI is InChI=1S/C19H23N3O5/c1-4-22-18(24)15-8-6-5-7-14(15)17(20-22)19(25)26-11-16(23)21-9-12(2)27-13(3)10-21/h5-8,12-13H,4,9-11H2,1-3H3/t12-,13-/m1/s1. The number of carbonyl (C=O) groups excluding carboxylic acids is 2. The van der Waals surface area contributed by atoms with Crippen molar-refractivity contribution in [3.63, 3.8) is 0 Å². The van der Waals surface area contributed by atoms with Crippen LogP contribution in [0.4, 0.5) is 0 Å². The smallest absolute Gasteiger partial charge is 0.359 e. The van der Waals surface area contributed by atoms with Gasteiger partial charge in [0, 0.05) is 25.0 Å². The third-order valence-electron chi connectivity index (χ3n) is 4.46. The van der Waals surface area contributed by atoms with Crippen molar-refractivity contribution in [3.05, 3.63) is 40.3 Å². The maximum absolute atomic E-state index is 12.6. The Kier molecular flexibility index (Phi) is 5.55. The molecule has 1 aliphatic heterocycles. The third kappa shape index (κ3) is 4.00. The Hall–Kier alpha value is -2.74. The molecule has 144 valence electrons. The first-order chi connectivity index (χ1) is 12.9. The number of hydrogen-bond acceptors (Lipinski definition) is 6. The maximum Gasteiger partial charge on any atom is 0.359 e. The number of carbonyl (C=O) groups is 2. The molecule has 0 radical (unpaired) electrons. The molecule has 0 N–H and O–H groups in total. The summed E-state index contributed by atoms with van der Waals surface area (Å²) < 4.78 is 12.0. The van der Waals surface area contributed by atoms with Gasteiger partial charge in [0.1, 0.15) is 0 Å². The molecule has 2 aromatic rings. The van der Waals surface area contributed by atoms with Gasteiger partial charge in [0.05, 0.1) is 17.6 Å². The fourth-order valence-corrected chi connectivity index (χ4v) is 3.27. The summed E-state index contributed by atoms with van der Waals surface area (Å²) in [7, 11) is 0. The van der Waals surface area contributed by atoms with E-state index in [1.54, 1.807) is 36.1 Å². The van der Waals surface area contributed by atoms with E-state index >= 15 is 0 Å². The molecule has 0 bridgehead atoms. The van der Waals surface area contributed by atoms with Gasteiger partial charge in [-0.25, -0.2) is 9.48 Å². The maximum atomic E-state index is 12.6. The topological polar surface area (TPSA) is 90.7 Å². The van der Waals surface area contributed by atoms with Crippen molar-refractivity contribution in [1.29, 1.82) is 0 Å². The molecule has 3 rings (SSSR count). The number of benzene rings is 1. The zero-order chi connectivity index (χ0) is 19.6. The Morgan fingerprint density at radius 1 is 1.19 bits per heavy atom. The van der Waals surface area contributed by atoms with Gasteiger partial charge in [-0.05, 0) is 26.8 Å². The minimum absolute atomic E-state index is 0.0311. The van der Waals surface area contributed by atoms with E-state index in [-0.39, 0.29) is 36.0 Å². The molecular formula is C19H23N3O5. The van der Waals surface area contributed by atoms with E-state index in [1.807, 2.05) is 13.8 Å². The van der Waals surface area contributed by atoms with Crippen LogP contribution in [0.15, 0.2) is 29.1 Å². The van der Waals surface area contributed by atoms with Crippen molar-refractivity contribution in [1.82, 2.24) is 14.7 Å². The van der Waals surface area contributed by atoms with E-state index in [0.717, 1.165) is 0 Å². The number of amides is 1. The molecule has 0 aliphatic carbocycles. The molecule has 1 aliphatic rings. The van der Waals surface area contributed by atoms with E-state index in [2.05, 4.69) is 5.10 Å². The molecule has 8 nitrogen and oxygen atoms in total. The number of aryl methyl sites for hydroxylation is 1. The molecule has 1 amide bonds. The zero-order valence-electron chi connectivity index (χ0n) is 15.7. The summed E-state index contributed by atoms with van der Waals surface area (Å²) in [5.41, 5.74) is -0.236. The minimum Gasteiger partial charge on any atom is -0.451 e. The molecule has 0 unspecified atom stereocenters. The molecule has 27 heavy (non-hydrogen) atoms. The molecule has 0 spiro atoms. The van der Waals surface area contributed by atoms with Crippen molar-refractivity contribution in [2.24, 2.45) is 0 Å². The largest absolute Gasteiger partial charge is 0.451 e. The molecule has 2 atom stereocenters. The second-order valence-electron chi connectivity index (χ2n) is 6.65. The van der Waals surface area contributed by atoms with E-state index in [1.165, 1.54) is 4.68 Å². The summed E-state index contributed by atoms with van der Waals surface area (Å²) in [6, 6.07) is 6.73. The Balaban J connectivity index is 1.78. The number of nitrogens with zero attached hydrogens (tertiary/aromatic N) is 3. The SMILES string of the molecule is CCn1nc(C(=O)OCC(=O)N2C[C@@H](C)O[C@H](C)C2)c2ccccc2c1=O. The molecule has 0 saturated carbocycles. The fourth-order valence-electron chi connectivity index (χ4n) is 3.27. The summed E-state index contributed by atoms with van der Waals surface area (Å²) in [6.07, 6.45) is -0.126. The first-order valence-electron chi connectivity index (χ1n) is 9.01. The van der Waals surface area contributed by atoms with E-state index < -0.39 is 5.97 Å². The van der Waals surface area contributed by atoms with Crippen LogP contribution in [0.25, 0.3) is 10.8 Å². The Morgan fingerprint density at radius 3 is 2.44 bits per heavy atom. The highest BCUT2D eigenvalue weighted by Gasteiger charge is 2.27. The molecule has 1 aromatic carbocycles. The van der Waals surface area contributed by atoms with Crippen molar-refractivity contribution >= 4 is 22.6 Å². The average molecular weight is 373 g/mol. The highest BCUT2D eigenvalue weighted by Crippen LogP contribution is 2.15. The van der Waals surface area contributed by atoms with Crippen LogP contribution in [0.3, 0.4) is 0 Å². The first kappa shape index (κ1) is 19.0. The quantitative estimate of drug-likeness (QED) is 0.748. The van der Waals surface area contributed by atoms with Crippen LogP contribution in [0.1, 0.15) is 31.3 Å². The van der Waals surface area contributed by atoms with Gasteiger partial charge in [0.2, 0.25) is 0 Å². The Morgan fingerprint density at radius 2 is 1.81 bits per heavy atom. The summed E-state index contributed by atoms with van der Waals surface area (Å²) >= 11 is 0. The summed E-state index contributed by atoms with van der Waals surface area (Å²) in [5, 5.41) is 4.93.